The van der Waals surface area contributed by atoms with Crippen molar-refractivity contribution >= 4 is 18.4 Å². The van der Waals surface area contributed by atoms with Crippen molar-refractivity contribution in [1.82, 2.24) is 0 Å². The van der Waals surface area contributed by atoms with Crippen molar-refractivity contribution < 1.29 is 0 Å². The van der Waals surface area contributed by atoms with Crippen LogP contribution in [0.3, 0.4) is 0 Å². The van der Waals surface area contributed by atoms with E-state index in [4.69, 9.17) is 6.57 Å². The molecule has 0 N–H and O–H groups in total. The van der Waals surface area contributed by atoms with Crippen LogP contribution in [0.5, 0.6) is 0 Å². The molecular weight excluding hydrogens is 117 g/mol. The van der Waals surface area contributed by atoms with Gasteiger partial charge in [0, 0.05) is 7.17 Å². The Balaban J connectivity index is 4.23. The van der Waals surface area contributed by atoms with Crippen LogP contribution >= 0.6 is 7.17 Å². The van der Waals surface area contributed by atoms with Gasteiger partial charge in [0.15, 0.2) is 0 Å². The maximum atomic E-state index is 4.93. The Morgan fingerprint density at radius 3 is 2.75 bits per heavy atom. The molecule has 0 aromatic heterocycles. The first-order valence-electron chi connectivity index (χ1n) is 2.30. The summed E-state index contributed by atoms with van der Waals surface area (Å²) in [5, 5.41) is 0. The average Bonchev–Trinajstić information content (AvgIpc) is 1.83. The molecule has 0 aromatic rings. The molecule has 0 saturated heterocycles. The average molecular weight is 126 g/mol. The van der Waals surface area contributed by atoms with Gasteiger partial charge in [0.25, 0.3) is 6.57 Å². The van der Waals surface area contributed by atoms with Gasteiger partial charge in [-0.25, -0.2) is 0 Å². The van der Waals surface area contributed by atoms with Crippen LogP contribution in [0.2, 0.25) is 0 Å². The van der Waals surface area contributed by atoms with Crippen LogP contribution in [0, 0.1) is 6.57 Å². The summed E-state index contributed by atoms with van der Waals surface area (Å²) in [7, 11) is -0.334. The predicted octanol–water partition coefficient (Wildman–Crippen LogP) is 1.80. The number of hydrogen-bond donors (Lipinski definition) is 0. The fourth-order valence-corrected chi connectivity index (χ4v) is 0.933. The lowest BCUT2D eigenvalue weighted by Gasteiger charge is -1.67. The van der Waals surface area contributed by atoms with Crippen LogP contribution in [-0.4, -0.2) is 17.5 Å². The van der Waals surface area contributed by atoms with E-state index in [9.17, 15) is 0 Å². The summed E-state index contributed by atoms with van der Waals surface area (Å²) in [5.74, 6) is 2.03. The SMILES string of the molecule is C#[N+]CP(=C=C)=CC. The molecule has 1 unspecified atom stereocenters. The van der Waals surface area contributed by atoms with Crippen LogP contribution in [-0.2, 0) is 0 Å². The van der Waals surface area contributed by atoms with E-state index < -0.39 is 0 Å². The zero-order valence-electron chi connectivity index (χ0n) is 4.96. The maximum absolute atomic E-state index is 4.93. The maximum Gasteiger partial charge on any atom is 0.304 e. The molecule has 2 heteroatoms. The van der Waals surface area contributed by atoms with Gasteiger partial charge in [-0.15, -0.1) is 0 Å². The number of rotatable bonds is 1. The van der Waals surface area contributed by atoms with E-state index in [0.717, 1.165) is 0 Å². The molecule has 0 aliphatic carbocycles. The topological polar surface area (TPSA) is 4.36 Å². The fraction of sp³-hybridized carbons (Fsp3) is 0.333. The second kappa shape index (κ2) is 4.47. The molecule has 0 aliphatic heterocycles. The van der Waals surface area contributed by atoms with Crippen molar-refractivity contribution in [3.8, 4) is 6.57 Å². The number of nitrogens with zero attached hydrogens (tertiary/aromatic N) is 1. The smallest absolute Gasteiger partial charge is 0.0990 e. The van der Waals surface area contributed by atoms with E-state index in [2.05, 4.69) is 16.9 Å². The molecular formula is C6H9NP+. The molecule has 0 bridgehead atoms. The Bertz CT molecular complexity index is 197. The van der Waals surface area contributed by atoms with Gasteiger partial charge >= 0.3 is 6.29 Å². The summed E-state index contributed by atoms with van der Waals surface area (Å²) in [5.41, 5.74) is 2.84. The van der Waals surface area contributed by atoms with E-state index in [0.29, 0.717) is 6.29 Å². The van der Waals surface area contributed by atoms with E-state index in [1.54, 1.807) is 0 Å². The zero-order chi connectivity index (χ0) is 6.41. The third kappa shape index (κ3) is 2.48. The molecule has 0 heterocycles. The predicted molar refractivity (Wildman–Crippen MR) is 42.5 cm³/mol. The quantitative estimate of drug-likeness (QED) is 0.472. The third-order valence-electron chi connectivity index (χ3n) is 0.749. The van der Waals surface area contributed by atoms with Gasteiger partial charge in [-0.05, 0) is 6.92 Å². The second-order valence-electron chi connectivity index (χ2n) is 1.21. The van der Waals surface area contributed by atoms with Crippen molar-refractivity contribution in [3.05, 3.63) is 11.4 Å². The van der Waals surface area contributed by atoms with Crippen LogP contribution in [0.1, 0.15) is 6.92 Å². The van der Waals surface area contributed by atoms with Gasteiger partial charge in [-0.3, -0.25) is 0 Å². The molecule has 0 rings (SSSR count). The molecule has 0 saturated carbocycles. The molecule has 0 spiro atoms. The number of hydrogen-bond acceptors (Lipinski definition) is 0. The highest BCUT2D eigenvalue weighted by molar-refractivity contribution is 7.56. The van der Waals surface area contributed by atoms with Crippen LogP contribution in [0.4, 0.5) is 0 Å². The summed E-state index contributed by atoms with van der Waals surface area (Å²) in [6.45, 7) is 10.4. The largest absolute Gasteiger partial charge is 0.304 e. The first-order chi connectivity index (χ1) is 3.85. The highest BCUT2D eigenvalue weighted by Gasteiger charge is 1.81. The van der Waals surface area contributed by atoms with Crippen molar-refractivity contribution in [3.63, 3.8) is 0 Å². The summed E-state index contributed by atoms with van der Waals surface area (Å²) in [6.07, 6.45) is 0.662. The van der Waals surface area contributed by atoms with Crippen molar-refractivity contribution in [2.24, 2.45) is 0 Å². The molecule has 0 fully saturated rings. The third-order valence-corrected chi connectivity index (χ3v) is 2.25. The molecule has 1 nitrogen and oxygen atoms in total. The molecule has 8 heavy (non-hydrogen) atoms. The van der Waals surface area contributed by atoms with Crippen LogP contribution in [0.25, 0.3) is 4.85 Å². The molecule has 0 amide bonds. The standard InChI is InChI=1S/C6H9NP/c1-4-8(5-2)6-7-3/h3,5H,1,6H2,2H3/q+1. The Labute approximate surface area is 50.5 Å². The Hall–Kier alpha value is -0.690. The minimum Gasteiger partial charge on any atom is -0.0990 e. The van der Waals surface area contributed by atoms with Gasteiger partial charge in [0.2, 0.25) is 0 Å². The monoisotopic (exact) mass is 126 g/mol. The highest BCUT2D eigenvalue weighted by atomic mass is 31.1. The first-order valence-corrected chi connectivity index (χ1v) is 3.90. The summed E-state index contributed by atoms with van der Waals surface area (Å²) in [6, 6.07) is 0. The Morgan fingerprint density at radius 1 is 2.00 bits per heavy atom. The van der Waals surface area contributed by atoms with Crippen LogP contribution < -0.4 is 0 Å². The first kappa shape index (κ1) is 7.31. The van der Waals surface area contributed by atoms with Gasteiger partial charge < -0.3 is 0 Å². The van der Waals surface area contributed by atoms with Crippen molar-refractivity contribution in [2.45, 2.75) is 6.92 Å². The van der Waals surface area contributed by atoms with Gasteiger partial charge in [0.05, 0.1) is 0 Å². The minimum absolute atomic E-state index is 0.334. The van der Waals surface area contributed by atoms with E-state index in [1.165, 1.54) is 0 Å². The van der Waals surface area contributed by atoms with Gasteiger partial charge in [-0.2, -0.15) is 0 Å². The van der Waals surface area contributed by atoms with Crippen molar-refractivity contribution in [2.75, 3.05) is 6.29 Å². The van der Waals surface area contributed by atoms with E-state index in [-0.39, 0.29) is 7.17 Å². The summed E-state index contributed by atoms with van der Waals surface area (Å²) < 4.78 is 0. The lowest BCUT2D eigenvalue weighted by atomic mass is 11.0. The lowest BCUT2D eigenvalue weighted by Crippen LogP contribution is -1.59. The second-order valence-corrected chi connectivity index (χ2v) is 3.27. The normalized spacial score (nSPS) is 9.75. The molecule has 0 aromatic carbocycles. The van der Waals surface area contributed by atoms with Gasteiger partial charge in [0.1, 0.15) is 0 Å². The van der Waals surface area contributed by atoms with E-state index >= 15 is 0 Å². The molecule has 1 atom stereocenters. The summed E-state index contributed by atoms with van der Waals surface area (Å²) >= 11 is 0. The van der Waals surface area contributed by atoms with Gasteiger partial charge in [-0.1, -0.05) is 22.7 Å². The van der Waals surface area contributed by atoms with E-state index in [1.807, 2.05) is 12.7 Å². The highest BCUT2D eigenvalue weighted by Crippen LogP contribution is 2.02. The summed E-state index contributed by atoms with van der Waals surface area (Å²) in [4.78, 5) is 3.47. The lowest BCUT2D eigenvalue weighted by molar-refractivity contribution is 1.82. The van der Waals surface area contributed by atoms with Crippen LogP contribution in [0.15, 0.2) is 6.58 Å². The fourth-order valence-electron chi connectivity index (χ4n) is 0.311. The minimum atomic E-state index is -0.334. The van der Waals surface area contributed by atoms with Crippen molar-refractivity contribution in [1.29, 1.82) is 0 Å². The Morgan fingerprint density at radius 2 is 2.62 bits per heavy atom. The Kier molecular flexibility index (Phi) is 4.08. The molecule has 0 aliphatic rings. The molecule has 0 radical (unpaired) electrons. The molecule has 42 valence electrons. The zero-order valence-corrected chi connectivity index (χ0v) is 5.86.